The fourth-order valence-electron chi connectivity index (χ4n) is 5.16. The van der Waals surface area contributed by atoms with Crippen molar-refractivity contribution in [2.75, 3.05) is 21.1 Å². The van der Waals surface area contributed by atoms with E-state index in [1.54, 1.807) is 32.1 Å². The topological polar surface area (TPSA) is 74.6 Å². The molecule has 0 aromatic heterocycles. The van der Waals surface area contributed by atoms with E-state index in [-0.39, 0.29) is 0 Å². The van der Waals surface area contributed by atoms with Crippen LogP contribution in [0, 0.1) is 23.7 Å². The minimum absolute atomic E-state index is 0.989. The first-order valence-corrected chi connectivity index (χ1v) is 8.44. The normalized spacial score (nSPS) is 40.8. The molecule has 112 valence electrons. The Morgan fingerprint density at radius 2 is 1.16 bits per heavy atom. The average Bonchev–Trinajstić information content (AvgIpc) is 2.09. The zero-order valence-corrected chi connectivity index (χ0v) is 12.8. The minimum Gasteiger partial charge on any atom is -0.328 e. The summed E-state index contributed by atoms with van der Waals surface area (Å²) in [5.74, 6) is 4.40. The molecule has 0 atom stereocenters. The monoisotopic (exact) mass is 292 g/mol. The fraction of sp³-hybridized carbons (Fsp3) is 1.00. The van der Waals surface area contributed by atoms with E-state index < -0.39 is 10.4 Å². The molecule has 0 amide bonds. The van der Waals surface area contributed by atoms with E-state index in [9.17, 15) is 0 Å². The van der Waals surface area contributed by atoms with E-state index in [1.807, 2.05) is 0 Å². The Kier molecular flexibility index (Phi) is 3.99. The molecule has 4 rings (SSSR count). The number of quaternary nitrogens is 1. The number of nitrogens with zero attached hydrogens (tertiary/aromatic N) is 1. The highest BCUT2D eigenvalue weighted by Gasteiger charge is 2.53. The molecule has 6 heteroatoms. The molecular formula is C13H26NO4S+. The van der Waals surface area contributed by atoms with Crippen LogP contribution in [0.15, 0.2) is 0 Å². The minimum atomic E-state index is -4.67. The molecule has 4 bridgehead atoms. The van der Waals surface area contributed by atoms with Crippen molar-refractivity contribution >= 4 is 10.4 Å². The van der Waals surface area contributed by atoms with Gasteiger partial charge in [0, 0.05) is 11.8 Å². The van der Waals surface area contributed by atoms with Gasteiger partial charge in [-0.05, 0) is 43.9 Å². The van der Waals surface area contributed by atoms with Crippen molar-refractivity contribution < 1.29 is 22.0 Å². The zero-order valence-electron chi connectivity index (χ0n) is 12.0. The molecule has 0 aromatic rings. The predicted octanol–water partition coefficient (Wildman–Crippen LogP) is 1.86. The van der Waals surface area contributed by atoms with E-state index in [1.165, 1.54) is 4.48 Å². The van der Waals surface area contributed by atoms with Gasteiger partial charge in [-0.15, -0.1) is 0 Å². The quantitative estimate of drug-likeness (QED) is 0.571. The largest absolute Gasteiger partial charge is 0.394 e. The van der Waals surface area contributed by atoms with Gasteiger partial charge in [-0.3, -0.25) is 9.11 Å². The van der Waals surface area contributed by atoms with E-state index in [4.69, 9.17) is 17.5 Å². The van der Waals surface area contributed by atoms with Crippen LogP contribution in [0.25, 0.3) is 0 Å². The van der Waals surface area contributed by atoms with Crippen LogP contribution in [0.1, 0.15) is 32.1 Å². The molecule has 0 spiro atoms. The molecule has 0 heterocycles. The van der Waals surface area contributed by atoms with Gasteiger partial charge in [-0.2, -0.15) is 8.42 Å². The molecule has 4 aliphatic carbocycles. The highest BCUT2D eigenvalue weighted by molar-refractivity contribution is 7.79. The molecule has 4 aliphatic rings. The molecule has 5 nitrogen and oxygen atoms in total. The van der Waals surface area contributed by atoms with E-state index in [0.29, 0.717) is 0 Å². The first kappa shape index (κ1) is 15.2. The lowest BCUT2D eigenvalue weighted by atomic mass is 9.53. The summed E-state index contributed by atoms with van der Waals surface area (Å²) in [6.45, 7) is 0. The molecule has 0 radical (unpaired) electrons. The van der Waals surface area contributed by atoms with E-state index in [0.717, 1.165) is 29.7 Å². The predicted molar refractivity (Wildman–Crippen MR) is 73.0 cm³/mol. The number of rotatable bonds is 1. The van der Waals surface area contributed by atoms with Crippen molar-refractivity contribution in [1.82, 2.24) is 0 Å². The Hall–Kier alpha value is -0.170. The third-order valence-corrected chi connectivity index (χ3v) is 5.07. The van der Waals surface area contributed by atoms with E-state index in [2.05, 4.69) is 21.1 Å². The van der Waals surface area contributed by atoms with Gasteiger partial charge in [0.05, 0.1) is 27.2 Å². The van der Waals surface area contributed by atoms with Crippen molar-refractivity contribution in [1.29, 1.82) is 0 Å². The maximum Gasteiger partial charge on any atom is 0.394 e. The number of hydrogen-bond donors (Lipinski definition) is 2. The van der Waals surface area contributed by atoms with Crippen LogP contribution < -0.4 is 0 Å². The highest BCUT2D eigenvalue weighted by Crippen LogP contribution is 2.55. The fourth-order valence-corrected chi connectivity index (χ4v) is 5.16. The number of hydrogen-bond acceptors (Lipinski definition) is 2. The summed E-state index contributed by atoms with van der Waals surface area (Å²) in [5.41, 5.74) is 0. The summed E-state index contributed by atoms with van der Waals surface area (Å²) in [6.07, 6.45) is 7.83. The van der Waals surface area contributed by atoms with Gasteiger partial charge >= 0.3 is 10.4 Å². The van der Waals surface area contributed by atoms with Crippen molar-refractivity contribution in [3.63, 3.8) is 0 Å². The maximum absolute atomic E-state index is 8.74. The van der Waals surface area contributed by atoms with Crippen LogP contribution in [0.2, 0.25) is 0 Å². The third kappa shape index (κ3) is 3.90. The summed E-state index contributed by atoms with van der Waals surface area (Å²) < 4.78 is 32.8. The molecule has 2 N–H and O–H groups in total. The Balaban J connectivity index is 0.000000232. The van der Waals surface area contributed by atoms with Crippen molar-refractivity contribution in [2.24, 2.45) is 23.7 Å². The summed E-state index contributed by atoms with van der Waals surface area (Å²) in [5, 5.41) is 0. The first-order chi connectivity index (χ1) is 8.54. The summed E-state index contributed by atoms with van der Waals surface area (Å²) in [4.78, 5) is 0. The Labute approximate surface area is 116 Å². The SMILES string of the molecule is C[N+](C)(C)C1C2CC3CC(C2)CC1C3.O=S(=O)(O)O. The first-order valence-electron chi connectivity index (χ1n) is 7.05. The lowest BCUT2D eigenvalue weighted by Gasteiger charge is -2.57. The van der Waals surface area contributed by atoms with Gasteiger partial charge in [0.2, 0.25) is 0 Å². The zero-order chi connectivity index (χ0) is 14.4. The molecule has 19 heavy (non-hydrogen) atoms. The Morgan fingerprint density at radius 1 is 0.842 bits per heavy atom. The van der Waals surface area contributed by atoms with Crippen LogP contribution in [0.3, 0.4) is 0 Å². The van der Waals surface area contributed by atoms with Crippen LogP contribution in [0.5, 0.6) is 0 Å². The lowest BCUT2D eigenvalue weighted by molar-refractivity contribution is -0.907. The molecule has 0 saturated heterocycles. The molecule has 0 aromatic carbocycles. The second-order valence-electron chi connectivity index (χ2n) is 7.49. The van der Waals surface area contributed by atoms with Gasteiger partial charge in [0.1, 0.15) is 0 Å². The Bertz CT molecular complexity index is 390. The van der Waals surface area contributed by atoms with Crippen molar-refractivity contribution in [2.45, 2.75) is 38.1 Å². The van der Waals surface area contributed by atoms with Gasteiger partial charge in [-0.1, -0.05) is 0 Å². The molecule has 4 saturated carbocycles. The molecule has 0 aliphatic heterocycles. The van der Waals surface area contributed by atoms with Crippen molar-refractivity contribution in [3.8, 4) is 0 Å². The Morgan fingerprint density at radius 3 is 1.42 bits per heavy atom. The van der Waals surface area contributed by atoms with Gasteiger partial charge < -0.3 is 4.48 Å². The molecular weight excluding hydrogens is 266 g/mol. The summed E-state index contributed by atoms with van der Waals surface area (Å²) in [7, 11) is 2.56. The molecule has 4 fully saturated rings. The summed E-state index contributed by atoms with van der Waals surface area (Å²) >= 11 is 0. The van der Waals surface area contributed by atoms with E-state index >= 15 is 0 Å². The molecule has 0 unspecified atom stereocenters. The van der Waals surface area contributed by atoms with Crippen LogP contribution in [0.4, 0.5) is 0 Å². The highest BCUT2D eigenvalue weighted by atomic mass is 32.3. The van der Waals surface area contributed by atoms with Crippen molar-refractivity contribution in [3.05, 3.63) is 0 Å². The van der Waals surface area contributed by atoms with Crippen LogP contribution in [-0.2, 0) is 10.4 Å². The maximum atomic E-state index is 8.74. The van der Waals surface area contributed by atoms with Gasteiger partial charge in [-0.25, -0.2) is 0 Å². The smallest absolute Gasteiger partial charge is 0.328 e. The van der Waals surface area contributed by atoms with Crippen LogP contribution in [-0.4, -0.2) is 49.2 Å². The third-order valence-electron chi connectivity index (χ3n) is 5.07. The summed E-state index contributed by atoms with van der Waals surface area (Å²) in [6, 6.07) is 0.989. The average molecular weight is 292 g/mol. The van der Waals surface area contributed by atoms with Gasteiger partial charge in [0.25, 0.3) is 0 Å². The second kappa shape index (κ2) is 4.98. The van der Waals surface area contributed by atoms with Crippen LogP contribution >= 0.6 is 0 Å². The lowest BCUT2D eigenvalue weighted by Crippen LogP contribution is -2.60. The second-order valence-corrected chi connectivity index (χ2v) is 8.38. The van der Waals surface area contributed by atoms with Gasteiger partial charge in [0.15, 0.2) is 0 Å². The standard InChI is InChI=1S/C13H24N.H2O4S/c1-14(2,3)13-11-5-9-4-10(7-11)8-12(13)6-9;1-5(2,3)4/h9-13H,4-8H2,1-3H3;(H2,1,2,3,4)/q+1;.